The van der Waals surface area contributed by atoms with Crippen LogP contribution in [-0.4, -0.2) is 17.3 Å². The summed E-state index contributed by atoms with van der Waals surface area (Å²) in [6.07, 6.45) is 5.55. The Kier molecular flexibility index (Phi) is 4.79. The first-order valence-corrected chi connectivity index (χ1v) is 7.14. The summed E-state index contributed by atoms with van der Waals surface area (Å²) in [4.78, 5) is 0. The third-order valence-electron chi connectivity index (χ3n) is 3.83. The van der Waals surface area contributed by atoms with Gasteiger partial charge in [0.15, 0.2) is 0 Å². The highest BCUT2D eigenvalue weighted by Gasteiger charge is 2.20. The summed E-state index contributed by atoms with van der Waals surface area (Å²) < 4.78 is 0. The maximum Gasteiger partial charge on any atom is 0.0693 e. The summed E-state index contributed by atoms with van der Waals surface area (Å²) in [5.74, 6) is 0. The van der Waals surface area contributed by atoms with Gasteiger partial charge < -0.3 is 10.4 Å². The average molecular weight is 247 g/mol. The molecule has 1 fully saturated rings. The molecule has 0 aliphatic heterocycles. The molecule has 18 heavy (non-hydrogen) atoms. The van der Waals surface area contributed by atoms with Gasteiger partial charge in [0, 0.05) is 12.6 Å². The molecule has 1 aliphatic rings. The van der Waals surface area contributed by atoms with E-state index in [0.29, 0.717) is 0 Å². The highest BCUT2D eigenvalue weighted by atomic mass is 16.3. The normalized spacial score (nSPS) is 24.8. The van der Waals surface area contributed by atoms with E-state index < -0.39 is 0 Å². The molecule has 2 heteroatoms. The van der Waals surface area contributed by atoms with Crippen LogP contribution in [0, 0.1) is 13.8 Å². The van der Waals surface area contributed by atoms with Crippen LogP contribution in [0.25, 0.3) is 0 Å². The minimum atomic E-state index is -0.168. The summed E-state index contributed by atoms with van der Waals surface area (Å²) in [6.45, 7) is 5.14. The molecule has 0 spiro atoms. The largest absolute Gasteiger partial charge is 0.392 e. The van der Waals surface area contributed by atoms with E-state index in [0.717, 1.165) is 19.4 Å². The Hall–Kier alpha value is -0.860. The van der Waals surface area contributed by atoms with Gasteiger partial charge in [-0.3, -0.25) is 0 Å². The number of rotatable bonds is 3. The van der Waals surface area contributed by atoms with Crippen molar-refractivity contribution in [2.45, 2.75) is 64.6 Å². The van der Waals surface area contributed by atoms with Crippen LogP contribution >= 0.6 is 0 Å². The Morgan fingerprint density at radius 3 is 2.44 bits per heavy atom. The third kappa shape index (κ3) is 3.82. The fourth-order valence-corrected chi connectivity index (χ4v) is 2.95. The van der Waals surface area contributed by atoms with Crippen molar-refractivity contribution in [1.29, 1.82) is 0 Å². The van der Waals surface area contributed by atoms with E-state index in [1.54, 1.807) is 0 Å². The number of hydrogen-bond acceptors (Lipinski definition) is 2. The highest BCUT2D eigenvalue weighted by Crippen LogP contribution is 2.18. The SMILES string of the molecule is Cc1cc(C)cc(CNC2CCCCCC2O)c1. The Labute approximate surface area is 110 Å². The lowest BCUT2D eigenvalue weighted by Crippen LogP contribution is -2.38. The van der Waals surface area contributed by atoms with Gasteiger partial charge in [0.1, 0.15) is 0 Å². The molecule has 2 N–H and O–H groups in total. The zero-order valence-corrected chi connectivity index (χ0v) is 11.6. The Morgan fingerprint density at radius 1 is 1.06 bits per heavy atom. The first kappa shape index (κ1) is 13.6. The van der Waals surface area contributed by atoms with E-state index in [1.807, 2.05) is 0 Å². The summed E-state index contributed by atoms with van der Waals surface area (Å²) in [5.41, 5.74) is 3.95. The van der Waals surface area contributed by atoms with Crippen LogP contribution in [0.5, 0.6) is 0 Å². The van der Waals surface area contributed by atoms with Gasteiger partial charge in [-0.1, -0.05) is 48.6 Å². The molecule has 0 amide bonds. The van der Waals surface area contributed by atoms with E-state index in [4.69, 9.17) is 0 Å². The van der Waals surface area contributed by atoms with Gasteiger partial charge in [0.05, 0.1) is 6.10 Å². The van der Waals surface area contributed by atoms with Crippen molar-refractivity contribution in [2.24, 2.45) is 0 Å². The quantitative estimate of drug-likeness (QED) is 0.805. The summed E-state index contributed by atoms with van der Waals surface area (Å²) in [6, 6.07) is 6.92. The molecule has 1 aliphatic carbocycles. The first-order chi connectivity index (χ1) is 8.65. The van der Waals surface area contributed by atoms with Crippen molar-refractivity contribution in [3.63, 3.8) is 0 Å². The summed E-state index contributed by atoms with van der Waals surface area (Å²) in [7, 11) is 0. The van der Waals surface area contributed by atoms with Crippen molar-refractivity contribution < 1.29 is 5.11 Å². The minimum absolute atomic E-state index is 0.168. The van der Waals surface area contributed by atoms with Gasteiger partial charge >= 0.3 is 0 Å². The maximum atomic E-state index is 10.1. The predicted molar refractivity (Wildman–Crippen MR) is 75.6 cm³/mol. The van der Waals surface area contributed by atoms with Crippen molar-refractivity contribution >= 4 is 0 Å². The molecule has 2 nitrogen and oxygen atoms in total. The van der Waals surface area contributed by atoms with Crippen LogP contribution < -0.4 is 5.32 Å². The van der Waals surface area contributed by atoms with Gasteiger partial charge in [-0.15, -0.1) is 0 Å². The summed E-state index contributed by atoms with van der Waals surface area (Å²) in [5, 5.41) is 13.6. The molecule has 0 radical (unpaired) electrons. The van der Waals surface area contributed by atoms with Crippen LogP contribution in [-0.2, 0) is 6.54 Å². The van der Waals surface area contributed by atoms with E-state index in [2.05, 4.69) is 37.4 Å². The monoisotopic (exact) mass is 247 g/mol. The molecule has 1 saturated carbocycles. The molecule has 2 unspecified atom stereocenters. The molecule has 1 aromatic carbocycles. The van der Waals surface area contributed by atoms with E-state index >= 15 is 0 Å². The van der Waals surface area contributed by atoms with Crippen LogP contribution in [0.3, 0.4) is 0 Å². The molecule has 2 rings (SSSR count). The van der Waals surface area contributed by atoms with Gasteiger partial charge in [-0.2, -0.15) is 0 Å². The van der Waals surface area contributed by atoms with Crippen molar-refractivity contribution in [3.05, 3.63) is 34.9 Å². The number of nitrogens with one attached hydrogen (secondary N) is 1. The number of aliphatic hydroxyl groups excluding tert-OH is 1. The number of aryl methyl sites for hydroxylation is 2. The second-order valence-corrected chi connectivity index (χ2v) is 5.69. The molecule has 0 saturated heterocycles. The van der Waals surface area contributed by atoms with Gasteiger partial charge in [-0.05, 0) is 32.3 Å². The van der Waals surface area contributed by atoms with E-state index in [-0.39, 0.29) is 12.1 Å². The fraction of sp³-hybridized carbons (Fsp3) is 0.625. The van der Waals surface area contributed by atoms with Crippen LogP contribution in [0.4, 0.5) is 0 Å². The Bertz CT molecular complexity index is 368. The lowest BCUT2D eigenvalue weighted by atomic mass is 10.0. The van der Waals surface area contributed by atoms with E-state index in [1.165, 1.54) is 36.0 Å². The molecular formula is C16H25NO. The standard InChI is InChI=1S/C16H25NO/c1-12-8-13(2)10-14(9-12)11-17-15-6-4-3-5-7-16(15)18/h8-10,15-18H,3-7,11H2,1-2H3. The highest BCUT2D eigenvalue weighted by molar-refractivity contribution is 5.28. The smallest absolute Gasteiger partial charge is 0.0693 e. The number of aliphatic hydroxyl groups is 1. The Morgan fingerprint density at radius 2 is 1.72 bits per heavy atom. The zero-order valence-electron chi connectivity index (χ0n) is 11.6. The van der Waals surface area contributed by atoms with Crippen molar-refractivity contribution in [3.8, 4) is 0 Å². The third-order valence-corrected chi connectivity index (χ3v) is 3.83. The number of benzene rings is 1. The first-order valence-electron chi connectivity index (χ1n) is 7.14. The molecule has 2 atom stereocenters. The fourth-order valence-electron chi connectivity index (χ4n) is 2.95. The van der Waals surface area contributed by atoms with Crippen LogP contribution in [0.1, 0.15) is 48.8 Å². The van der Waals surface area contributed by atoms with Crippen molar-refractivity contribution in [1.82, 2.24) is 5.32 Å². The predicted octanol–water partition coefficient (Wildman–Crippen LogP) is 3.09. The molecule has 1 aromatic rings. The lowest BCUT2D eigenvalue weighted by Gasteiger charge is -2.22. The number of hydrogen-bond donors (Lipinski definition) is 2. The summed E-state index contributed by atoms with van der Waals surface area (Å²) >= 11 is 0. The average Bonchev–Trinajstić information content (AvgIpc) is 2.50. The minimum Gasteiger partial charge on any atom is -0.392 e. The molecule has 0 heterocycles. The molecule has 100 valence electrons. The maximum absolute atomic E-state index is 10.1. The van der Waals surface area contributed by atoms with Gasteiger partial charge in [-0.25, -0.2) is 0 Å². The van der Waals surface area contributed by atoms with Crippen LogP contribution in [0.15, 0.2) is 18.2 Å². The topological polar surface area (TPSA) is 32.3 Å². The second kappa shape index (κ2) is 6.35. The van der Waals surface area contributed by atoms with E-state index in [9.17, 15) is 5.11 Å². The molecular weight excluding hydrogens is 222 g/mol. The second-order valence-electron chi connectivity index (χ2n) is 5.69. The zero-order chi connectivity index (χ0) is 13.0. The van der Waals surface area contributed by atoms with Crippen molar-refractivity contribution in [2.75, 3.05) is 0 Å². The van der Waals surface area contributed by atoms with Gasteiger partial charge in [0.2, 0.25) is 0 Å². The van der Waals surface area contributed by atoms with Crippen LogP contribution in [0.2, 0.25) is 0 Å². The lowest BCUT2D eigenvalue weighted by molar-refractivity contribution is 0.119. The molecule has 0 bridgehead atoms. The Balaban J connectivity index is 1.93. The molecule has 0 aromatic heterocycles. The van der Waals surface area contributed by atoms with Gasteiger partial charge in [0.25, 0.3) is 0 Å².